The number of H-pyrrole nitrogens is 2. The molecule has 0 aliphatic carbocycles. The number of para-hydroxylation sites is 2. The minimum absolute atomic E-state index is 0.902. The van der Waals surface area contributed by atoms with Crippen molar-refractivity contribution in [1.82, 2.24) is 19.9 Å². The molecule has 4 N–H and O–H groups in total. The van der Waals surface area contributed by atoms with E-state index in [2.05, 4.69) is 144 Å². The van der Waals surface area contributed by atoms with E-state index in [1.54, 1.807) is 0 Å². The van der Waals surface area contributed by atoms with E-state index >= 15 is 0 Å². The Kier molecular flexibility index (Phi) is 8.51. The van der Waals surface area contributed by atoms with E-state index in [0.29, 0.717) is 0 Å². The molecule has 0 atom stereocenters. The molecule has 2 aliphatic heterocycles. The van der Waals surface area contributed by atoms with Crippen LogP contribution >= 0.6 is 0 Å². The highest BCUT2D eigenvalue weighted by Gasteiger charge is 2.16. The summed E-state index contributed by atoms with van der Waals surface area (Å²) in [7, 11) is 0. The van der Waals surface area contributed by atoms with Crippen LogP contribution < -0.4 is 10.6 Å². The maximum atomic E-state index is 5.15. The van der Waals surface area contributed by atoms with Crippen LogP contribution in [-0.4, -0.2) is 33.0 Å². The Morgan fingerprint density at radius 2 is 1.00 bits per heavy atom. The van der Waals surface area contributed by atoms with Crippen LogP contribution in [0.1, 0.15) is 62.3 Å². The zero-order valence-electron chi connectivity index (χ0n) is 26.5. The quantitative estimate of drug-likeness (QED) is 0.117. The van der Waals surface area contributed by atoms with Gasteiger partial charge in [-0.25, -0.2) is 9.97 Å². The zero-order valence-corrected chi connectivity index (χ0v) is 26.5. The third kappa shape index (κ3) is 6.11. The molecule has 2 aliphatic rings. The van der Waals surface area contributed by atoms with Crippen molar-refractivity contribution >= 4 is 57.7 Å². The minimum Gasteiger partial charge on any atom is -0.385 e. The van der Waals surface area contributed by atoms with Gasteiger partial charge in [0.1, 0.15) is 0 Å². The number of nitrogens with zero attached hydrogens (tertiary/aromatic N) is 2. The van der Waals surface area contributed by atoms with Gasteiger partial charge >= 0.3 is 0 Å². The van der Waals surface area contributed by atoms with Crippen LogP contribution in [0.5, 0.6) is 0 Å². The van der Waals surface area contributed by atoms with Crippen molar-refractivity contribution in [2.75, 3.05) is 23.7 Å². The van der Waals surface area contributed by atoms with Gasteiger partial charge in [0.05, 0.1) is 22.8 Å². The molecule has 0 fully saturated rings. The number of anilines is 2. The summed E-state index contributed by atoms with van der Waals surface area (Å²) in [4.78, 5) is 17.7. The van der Waals surface area contributed by atoms with Crippen molar-refractivity contribution in [3.63, 3.8) is 0 Å². The second-order valence-corrected chi connectivity index (χ2v) is 11.9. The van der Waals surface area contributed by atoms with Gasteiger partial charge in [-0.15, -0.1) is 0 Å². The van der Waals surface area contributed by atoms with E-state index < -0.39 is 0 Å². The van der Waals surface area contributed by atoms with Crippen LogP contribution in [0.15, 0.2) is 84.9 Å². The minimum atomic E-state index is 0.902. The third-order valence-corrected chi connectivity index (χ3v) is 8.48. The van der Waals surface area contributed by atoms with Crippen molar-refractivity contribution in [2.24, 2.45) is 0 Å². The Morgan fingerprint density at radius 3 is 1.46 bits per heavy atom. The molecule has 6 heteroatoms. The third-order valence-electron chi connectivity index (χ3n) is 8.48. The van der Waals surface area contributed by atoms with Crippen LogP contribution in [0, 0.1) is 0 Å². The Hall–Kier alpha value is -5.36. The van der Waals surface area contributed by atoms with E-state index in [9.17, 15) is 0 Å². The van der Waals surface area contributed by atoms with Crippen molar-refractivity contribution in [2.45, 2.75) is 39.5 Å². The van der Waals surface area contributed by atoms with Gasteiger partial charge in [0, 0.05) is 68.8 Å². The molecule has 0 unspecified atom stereocenters. The number of hydrogen-bond donors (Lipinski definition) is 4. The Morgan fingerprint density at radius 1 is 0.543 bits per heavy atom. The molecule has 0 amide bonds. The van der Waals surface area contributed by atoms with Crippen LogP contribution in [0.2, 0.25) is 0 Å². The first-order valence-electron chi connectivity index (χ1n) is 16.5. The smallest absolute Gasteiger partial charge is 0.0737 e. The standard InChI is InChI=1S/C40H40N6/c1-3-5-23-41-33-13-9-7-11-31(33)39-35-19-15-27(43-35)25-29-17-21-37(45-29)40(32-12-8-10-14-34(32)42-24-6-4-2)38-22-18-30(46-38)26-28-16-20-36(39)44-28/h7-22,25-26,41-43,46H,3-6,23-24H2,1-2H3. The normalized spacial score (nSPS) is 12.0. The number of unbranched alkanes of at least 4 members (excludes halogenated alkanes) is 2. The first-order chi connectivity index (χ1) is 22.7. The topological polar surface area (TPSA) is 81.4 Å². The predicted octanol–water partition coefficient (Wildman–Crippen LogP) is 10.4. The van der Waals surface area contributed by atoms with Gasteiger partial charge in [-0.05, 0) is 85.7 Å². The number of fused-ring (bicyclic) bond motifs is 8. The van der Waals surface area contributed by atoms with E-state index in [1.807, 2.05) is 0 Å². The summed E-state index contributed by atoms with van der Waals surface area (Å²) >= 11 is 0. The number of aromatic nitrogens is 4. The highest BCUT2D eigenvalue weighted by atomic mass is 14.9. The molecule has 230 valence electrons. The first kappa shape index (κ1) is 29.4. The molecular weight excluding hydrogens is 564 g/mol. The fraction of sp³-hybridized carbons (Fsp3) is 0.200. The SMILES string of the molecule is CCCCNc1ccccc1-c1c2nc(cc3ccc([nH]3)c(-c3ccccc3NCCCC)c3nc(cc4ccc1[nH]4)C=C3)C=C2. The first-order valence-corrected chi connectivity index (χ1v) is 16.5. The fourth-order valence-electron chi connectivity index (χ4n) is 6.15. The molecule has 6 nitrogen and oxygen atoms in total. The molecule has 0 radical (unpaired) electrons. The molecule has 7 rings (SSSR count). The Bertz CT molecular complexity index is 1940. The lowest BCUT2D eigenvalue weighted by molar-refractivity contribution is 0.834. The van der Waals surface area contributed by atoms with Crippen molar-refractivity contribution in [3.8, 4) is 22.3 Å². The number of rotatable bonds is 10. The maximum Gasteiger partial charge on any atom is 0.0737 e. The van der Waals surface area contributed by atoms with Gasteiger partial charge in [-0.3, -0.25) is 0 Å². The Balaban J connectivity index is 1.46. The molecule has 3 aromatic heterocycles. The van der Waals surface area contributed by atoms with Crippen molar-refractivity contribution in [1.29, 1.82) is 0 Å². The Labute approximate surface area is 270 Å². The lowest BCUT2D eigenvalue weighted by atomic mass is 10.0. The van der Waals surface area contributed by atoms with E-state index in [1.165, 1.54) is 0 Å². The van der Waals surface area contributed by atoms with Crippen LogP contribution in [-0.2, 0) is 0 Å². The second kappa shape index (κ2) is 13.3. The molecule has 0 saturated carbocycles. The van der Waals surface area contributed by atoms with Gasteiger partial charge in [-0.1, -0.05) is 63.1 Å². The lowest BCUT2D eigenvalue weighted by Gasteiger charge is -2.13. The maximum absolute atomic E-state index is 5.15. The monoisotopic (exact) mass is 604 g/mol. The summed E-state index contributed by atoms with van der Waals surface area (Å²) in [6.45, 7) is 6.29. The summed E-state index contributed by atoms with van der Waals surface area (Å²) in [5.41, 5.74) is 14.3. The highest BCUT2D eigenvalue weighted by Crippen LogP contribution is 2.37. The number of hydrogen-bond acceptors (Lipinski definition) is 4. The van der Waals surface area contributed by atoms with E-state index in [4.69, 9.17) is 9.97 Å². The van der Waals surface area contributed by atoms with Gasteiger partial charge in [0.15, 0.2) is 0 Å². The number of nitrogens with one attached hydrogen (secondary N) is 4. The highest BCUT2D eigenvalue weighted by molar-refractivity contribution is 5.97. The fourth-order valence-corrected chi connectivity index (χ4v) is 6.15. The van der Waals surface area contributed by atoms with Crippen LogP contribution in [0.25, 0.3) is 68.6 Å². The summed E-state index contributed by atoms with van der Waals surface area (Å²) < 4.78 is 0. The van der Waals surface area contributed by atoms with Crippen LogP contribution in [0.4, 0.5) is 11.4 Å². The van der Waals surface area contributed by atoms with E-state index in [-0.39, 0.29) is 0 Å². The molecule has 0 saturated heterocycles. The summed E-state index contributed by atoms with van der Waals surface area (Å²) in [5, 5.41) is 7.34. The van der Waals surface area contributed by atoms with Gasteiger partial charge < -0.3 is 20.6 Å². The lowest BCUT2D eigenvalue weighted by Crippen LogP contribution is -2.02. The molecular formula is C40H40N6. The summed E-state index contributed by atoms with van der Waals surface area (Å²) in [5.74, 6) is 0. The molecule has 5 aromatic rings. The van der Waals surface area contributed by atoms with Gasteiger partial charge in [0.25, 0.3) is 0 Å². The number of aromatic amines is 2. The molecule has 0 spiro atoms. The van der Waals surface area contributed by atoms with Crippen molar-refractivity contribution < 1.29 is 0 Å². The largest absolute Gasteiger partial charge is 0.385 e. The molecule has 8 bridgehead atoms. The number of benzene rings is 2. The van der Waals surface area contributed by atoms with Gasteiger partial charge in [0.2, 0.25) is 0 Å². The molecule has 5 heterocycles. The van der Waals surface area contributed by atoms with E-state index in [0.717, 1.165) is 117 Å². The average molecular weight is 605 g/mol. The second-order valence-electron chi connectivity index (χ2n) is 11.9. The molecule has 2 aromatic carbocycles. The summed E-state index contributed by atoms with van der Waals surface area (Å²) in [6, 6.07) is 29.8. The summed E-state index contributed by atoms with van der Waals surface area (Å²) in [6.07, 6.45) is 13.0. The molecule has 46 heavy (non-hydrogen) atoms. The van der Waals surface area contributed by atoms with Gasteiger partial charge in [-0.2, -0.15) is 0 Å². The van der Waals surface area contributed by atoms with Crippen molar-refractivity contribution in [3.05, 3.63) is 108 Å². The zero-order chi connectivity index (χ0) is 31.3. The average Bonchev–Trinajstić information content (AvgIpc) is 3.90. The predicted molar refractivity (Wildman–Crippen MR) is 197 cm³/mol. The van der Waals surface area contributed by atoms with Crippen LogP contribution in [0.3, 0.4) is 0 Å².